The van der Waals surface area contributed by atoms with E-state index in [0.717, 1.165) is 36.2 Å². The van der Waals surface area contributed by atoms with E-state index in [1.807, 2.05) is 24.7 Å². The smallest absolute Gasteiger partial charge is 0.231 e. The molecule has 0 bridgehead atoms. The first-order valence-electron chi connectivity index (χ1n) is 9.78. The maximum atomic E-state index is 13.4. The van der Waals surface area contributed by atoms with Gasteiger partial charge in [0.25, 0.3) is 0 Å². The van der Waals surface area contributed by atoms with Gasteiger partial charge < -0.3 is 10.1 Å². The normalized spacial score (nSPS) is 17.5. The molecule has 1 saturated heterocycles. The number of ether oxygens (including phenoxy) is 1. The van der Waals surface area contributed by atoms with E-state index in [1.54, 1.807) is 0 Å². The number of aryl methyl sites for hydroxylation is 3. The first kappa shape index (κ1) is 19.6. The van der Waals surface area contributed by atoms with Crippen LogP contribution in [0.5, 0.6) is 0 Å². The van der Waals surface area contributed by atoms with Crippen LogP contribution in [0, 0.1) is 20.8 Å². The largest absolute Gasteiger partial charge is 0.381 e. The summed E-state index contributed by atoms with van der Waals surface area (Å²) in [6.07, 6.45) is 2.23. The molecule has 0 aliphatic carbocycles. The molecule has 1 amide bonds. The topological polar surface area (TPSA) is 56.2 Å². The molecule has 0 radical (unpaired) electrons. The molecule has 1 fully saturated rings. The summed E-state index contributed by atoms with van der Waals surface area (Å²) in [5.41, 5.74) is 5.20. The second kappa shape index (κ2) is 7.85. The monoisotopic (exact) mass is 369 g/mol. The van der Waals surface area contributed by atoms with Crippen molar-refractivity contribution >= 4 is 5.91 Å². The fraction of sp³-hybridized carbons (Fsp3) is 0.545. The highest BCUT2D eigenvalue weighted by Crippen LogP contribution is 2.35. The summed E-state index contributed by atoms with van der Waals surface area (Å²) in [4.78, 5) is 13.4. The maximum Gasteiger partial charge on any atom is 0.231 e. The number of amides is 1. The molecular formula is C22H31N3O2. The standard InChI is InChI=1S/C22H31N3O2/c1-15-7-6-8-19(13-15)22(9-11-27-12-10-22)21(26)23-16(2)14-20-17(3)24-25(5)18(20)4/h6-8,13,16H,9-12,14H2,1-5H3,(H,23,26)/t16-/m0/s1. The lowest BCUT2D eigenvalue weighted by Crippen LogP contribution is -2.50. The first-order valence-corrected chi connectivity index (χ1v) is 9.78. The average Bonchev–Trinajstić information content (AvgIpc) is 2.88. The Bertz CT molecular complexity index is 819. The molecule has 146 valence electrons. The zero-order valence-electron chi connectivity index (χ0n) is 17.1. The molecule has 1 aromatic heterocycles. The molecule has 2 heterocycles. The summed E-state index contributed by atoms with van der Waals surface area (Å²) in [7, 11) is 1.96. The van der Waals surface area contributed by atoms with Crippen LogP contribution in [0.2, 0.25) is 0 Å². The van der Waals surface area contributed by atoms with Gasteiger partial charge in [-0.2, -0.15) is 5.10 Å². The van der Waals surface area contributed by atoms with Gasteiger partial charge in [-0.3, -0.25) is 9.48 Å². The van der Waals surface area contributed by atoms with E-state index in [2.05, 4.69) is 49.4 Å². The van der Waals surface area contributed by atoms with Gasteiger partial charge >= 0.3 is 0 Å². The predicted octanol–water partition coefficient (Wildman–Crippen LogP) is 3.14. The van der Waals surface area contributed by atoms with E-state index in [-0.39, 0.29) is 11.9 Å². The van der Waals surface area contributed by atoms with Crippen LogP contribution in [-0.4, -0.2) is 34.9 Å². The van der Waals surface area contributed by atoms with Crippen LogP contribution in [0.3, 0.4) is 0 Å². The molecule has 1 atom stereocenters. The zero-order chi connectivity index (χ0) is 19.6. The summed E-state index contributed by atoms with van der Waals surface area (Å²) in [6, 6.07) is 8.39. The van der Waals surface area contributed by atoms with E-state index >= 15 is 0 Å². The Morgan fingerprint density at radius 2 is 2.00 bits per heavy atom. The summed E-state index contributed by atoms with van der Waals surface area (Å²) >= 11 is 0. The van der Waals surface area contributed by atoms with Gasteiger partial charge in [0.2, 0.25) is 5.91 Å². The van der Waals surface area contributed by atoms with E-state index in [4.69, 9.17) is 4.74 Å². The van der Waals surface area contributed by atoms with Crippen LogP contribution in [0.4, 0.5) is 0 Å². The third-order valence-electron chi connectivity index (χ3n) is 5.90. The van der Waals surface area contributed by atoms with Crippen molar-refractivity contribution in [3.8, 4) is 0 Å². The fourth-order valence-corrected chi connectivity index (χ4v) is 4.14. The summed E-state index contributed by atoms with van der Waals surface area (Å²) in [5.74, 6) is 0.114. The third kappa shape index (κ3) is 3.93. The maximum absolute atomic E-state index is 13.4. The van der Waals surface area contributed by atoms with Crippen molar-refractivity contribution in [2.45, 2.75) is 58.4 Å². The molecule has 3 rings (SSSR count). The zero-order valence-corrected chi connectivity index (χ0v) is 17.1. The molecular weight excluding hydrogens is 338 g/mol. The lowest BCUT2D eigenvalue weighted by Gasteiger charge is -2.37. The SMILES string of the molecule is Cc1cccc(C2(C(=O)N[C@@H](C)Cc3c(C)nn(C)c3C)CCOCC2)c1. The van der Waals surface area contributed by atoms with Crippen LogP contribution in [0.25, 0.3) is 0 Å². The Balaban J connectivity index is 1.80. The van der Waals surface area contributed by atoms with E-state index in [9.17, 15) is 4.79 Å². The summed E-state index contributed by atoms with van der Waals surface area (Å²) in [5, 5.41) is 7.78. The van der Waals surface area contributed by atoms with Crippen molar-refractivity contribution in [2.24, 2.45) is 7.05 Å². The third-order valence-corrected chi connectivity index (χ3v) is 5.90. The van der Waals surface area contributed by atoms with E-state index in [0.29, 0.717) is 13.2 Å². The Morgan fingerprint density at radius 3 is 2.59 bits per heavy atom. The number of hydrogen-bond donors (Lipinski definition) is 1. The van der Waals surface area contributed by atoms with Crippen molar-refractivity contribution in [1.82, 2.24) is 15.1 Å². The van der Waals surface area contributed by atoms with Gasteiger partial charge in [0.1, 0.15) is 0 Å². The molecule has 5 heteroatoms. The van der Waals surface area contributed by atoms with Crippen molar-refractivity contribution in [1.29, 1.82) is 0 Å². The summed E-state index contributed by atoms with van der Waals surface area (Å²) < 4.78 is 7.48. The number of carbonyl (C=O) groups excluding carboxylic acids is 1. The molecule has 1 N–H and O–H groups in total. The van der Waals surface area contributed by atoms with Crippen LogP contribution in [-0.2, 0) is 28.4 Å². The fourth-order valence-electron chi connectivity index (χ4n) is 4.14. The lowest BCUT2D eigenvalue weighted by molar-refractivity contribution is -0.131. The highest BCUT2D eigenvalue weighted by atomic mass is 16.5. The Labute approximate surface area is 162 Å². The molecule has 0 saturated carbocycles. The van der Waals surface area contributed by atoms with Crippen LogP contribution < -0.4 is 5.32 Å². The van der Waals surface area contributed by atoms with Gasteiger partial charge in [0.05, 0.1) is 11.1 Å². The summed E-state index contributed by atoms with van der Waals surface area (Å²) in [6.45, 7) is 9.51. The van der Waals surface area contributed by atoms with Gasteiger partial charge in [-0.1, -0.05) is 29.8 Å². The minimum Gasteiger partial charge on any atom is -0.381 e. The highest BCUT2D eigenvalue weighted by Gasteiger charge is 2.42. The second-order valence-electron chi connectivity index (χ2n) is 7.92. The Morgan fingerprint density at radius 1 is 1.30 bits per heavy atom. The molecule has 1 aliphatic rings. The predicted molar refractivity (Wildman–Crippen MR) is 107 cm³/mol. The van der Waals surface area contributed by atoms with Gasteiger partial charge in [0.15, 0.2) is 0 Å². The number of benzene rings is 1. The van der Waals surface area contributed by atoms with Gasteiger partial charge in [-0.25, -0.2) is 0 Å². The number of nitrogens with zero attached hydrogens (tertiary/aromatic N) is 2. The number of nitrogens with one attached hydrogen (secondary N) is 1. The molecule has 5 nitrogen and oxygen atoms in total. The first-order chi connectivity index (χ1) is 12.8. The van der Waals surface area contributed by atoms with Gasteiger partial charge in [-0.15, -0.1) is 0 Å². The molecule has 1 aromatic carbocycles. The second-order valence-corrected chi connectivity index (χ2v) is 7.92. The van der Waals surface area contributed by atoms with Crippen molar-refractivity contribution in [2.75, 3.05) is 13.2 Å². The highest BCUT2D eigenvalue weighted by molar-refractivity contribution is 5.88. The van der Waals surface area contributed by atoms with E-state index < -0.39 is 5.41 Å². The van der Waals surface area contributed by atoms with Crippen molar-refractivity contribution in [3.05, 3.63) is 52.3 Å². The minimum absolute atomic E-state index is 0.0450. The van der Waals surface area contributed by atoms with Crippen LogP contribution >= 0.6 is 0 Å². The van der Waals surface area contributed by atoms with Crippen LogP contribution in [0.15, 0.2) is 24.3 Å². The molecule has 1 aliphatic heterocycles. The van der Waals surface area contributed by atoms with Gasteiger partial charge in [0, 0.05) is 32.0 Å². The number of aromatic nitrogens is 2. The van der Waals surface area contributed by atoms with Crippen molar-refractivity contribution in [3.63, 3.8) is 0 Å². The number of carbonyl (C=O) groups is 1. The average molecular weight is 370 g/mol. The number of hydrogen-bond acceptors (Lipinski definition) is 3. The molecule has 0 unspecified atom stereocenters. The van der Waals surface area contributed by atoms with Crippen LogP contribution in [0.1, 0.15) is 47.8 Å². The quantitative estimate of drug-likeness (QED) is 0.881. The Kier molecular flexibility index (Phi) is 5.70. The van der Waals surface area contributed by atoms with Gasteiger partial charge in [-0.05, 0) is 58.1 Å². The Hall–Kier alpha value is -2.14. The molecule has 27 heavy (non-hydrogen) atoms. The van der Waals surface area contributed by atoms with E-state index in [1.165, 1.54) is 11.1 Å². The lowest BCUT2D eigenvalue weighted by atomic mass is 9.73. The number of rotatable bonds is 5. The minimum atomic E-state index is -0.502. The molecule has 0 spiro atoms. The van der Waals surface area contributed by atoms with Crippen molar-refractivity contribution < 1.29 is 9.53 Å². The molecule has 2 aromatic rings.